The van der Waals surface area contributed by atoms with E-state index in [0.717, 1.165) is 70.0 Å². The number of hydrogen-bond donors (Lipinski definition) is 4. The molecule has 4 N–H and O–H groups in total. The highest BCUT2D eigenvalue weighted by molar-refractivity contribution is 5.89. The van der Waals surface area contributed by atoms with Gasteiger partial charge in [0.1, 0.15) is 0 Å². The van der Waals surface area contributed by atoms with Crippen LogP contribution >= 0.6 is 0 Å². The minimum Gasteiger partial charge on any atom is -0.390 e. The van der Waals surface area contributed by atoms with Crippen LogP contribution in [0.1, 0.15) is 119 Å². The highest BCUT2D eigenvalue weighted by Gasteiger charge is 2.44. The molecular weight excluding hydrogens is 636 g/mol. The molecule has 3 rings (SSSR count). The Balaban J connectivity index is 1.36. The van der Waals surface area contributed by atoms with E-state index in [1.165, 1.54) is 0 Å². The van der Waals surface area contributed by atoms with Crippen molar-refractivity contribution < 1.29 is 38.8 Å². The Hall–Kier alpha value is -2.11. The number of rotatable bonds is 18. The SMILES string of the molecule is C/C=C/C(=O)CC1CCC(C)C(CC(=O)NCC(O)C(C)C(=O)NCCCC2OC3(CCC2C)COCC(CCC(C)/C=C(\C)C(C)O)C3)O1. The Bertz CT molecular complexity index is 1140. The van der Waals surface area contributed by atoms with Crippen LogP contribution in [0, 0.1) is 29.6 Å². The summed E-state index contributed by atoms with van der Waals surface area (Å²) in [4.78, 5) is 37.6. The van der Waals surface area contributed by atoms with E-state index in [2.05, 4.69) is 30.6 Å². The van der Waals surface area contributed by atoms with Gasteiger partial charge in [-0.2, -0.15) is 0 Å². The Morgan fingerprint density at radius 3 is 2.44 bits per heavy atom. The summed E-state index contributed by atoms with van der Waals surface area (Å²) in [7, 11) is 0. The monoisotopic (exact) mass is 704 g/mol. The van der Waals surface area contributed by atoms with E-state index < -0.39 is 18.1 Å². The summed E-state index contributed by atoms with van der Waals surface area (Å²) >= 11 is 0. The van der Waals surface area contributed by atoms with Crippen molar-refractivity contribution in [1.29, 1.82) is 0 Å². The molecule has 0 aromatic carbocycles. The molecule has 0 aromatic rings. The molecule has 3 saturated heterocycles. The van der Waals surface area contributed by atoms with Crippen molar-refractivity contribution in [3.63, 3.8) is 0 Å². The standard InChI is InChI=1S/C40H68N2O8/c1-8-10-33(44)20-34-15-13-27(3)37(49-34)21-38(46)42-23-35(45)30(6)39(47)41-18-9-11-36-28(4)16-17-40(50-36)22-32(24-48-25-40)14-12-26(2)19-29(5)31(7)43/h8,10,19,26-28,30-32,34-37,43,45H,9,11-18,20-25H2,1-7H3,(H,41,47)(H,42,46)/b10-8+,29-19+. The molecule has 0 aromatic heterocycles. The molecule has 3 heterocycles. The number of allylic oxidation sites excluding steroid dienone is 3. The van der Waals surface area contributed by atoms with Crippen molar-refractivity contribution >= 4 is 17.6 Å². The quantitative estimate of drug-likeness (QED) is 0.0840. The van der Waals surface area contributed by atoms with E-state index in [1.807, 2.05) is 27.7 Å². The third-order valence-corrected chi connectivity index (χ3v) is 11.3. The number of nitrogens with one attached hydrogen (secondary N) is 2. The number of carbonyl (C=O) groups excluding carboxylic acids is 3. The average molecular weight is 705 g/mol. The van der Waals surface area contributed by atoms with Crippen molar-refractivity contribution in [3.05, 3.63) is 23.8 Å². The molecule has 11 unspecified atom stereocenters. The largest absolute Gasteiger partial charge is 0.390 e. The third kappa shape index (κ3) is 13.8. The maximum Gasteiger partial charge on any atom is 0.225 e. The Labute approximate surface area is 301 Å². The van der Waals surface area contributed by atoms with Crippen molar-refractivity contribution in [2.24, 2.45) is 29.6 Å². The highest BCUT2D eigenvalue weighted by atomic mass is 16.6. The molecule has 10 heteroatoms. The molecule has 286 valence electrons. The van der Waals surface area contributed by atoms with Gasteiger partial charge in [-0.1, -0.05) is 39.8 Å². The van der Waals surface area contributed by atoms with E-state index in [9.17, 15) is 24.6 Å². The van der Waals surface area contributed by atoms with Crippen LogP contribution in [-0.2, 0) is 28.6 Å². The second-order valence-corrected chi connectivity index (χ2v) is 15.9. The lowest BCUT2D eigenvalue weighted by atomic mass is 9.77. The van der Waals surface area contributed by atoms with Gasteiger partial charge < -0.3 is 35.1 Å². The normalized spacial score (nSPS) is 31.6. The summed E-state index contributed by atoms with van der Waals surface area (Å²) in [6.07, 6.45) is 12.7. The van der Waals surface area contributed by atoms with Crippen LogP contribution < -0.4 is 10.6 Å². The zero-order chi connectivity index (χ0) is 36.8. The molecule has 50 heavy (non-hydrogen) atoms. The second-order valence-electron chi connectivity index (χ2n) is 15.9. The topological polar surface area (TPSA) is 143 Å². The maximum absolute atomic E-state index is 12.9. The summed E-state index contributed by atoms with van der Waals surface area (Å²) in [5.41, 5.74) is 0.781. The van der Waals surface area contributed by atoms with Crippen molar-refractivity contribution in [3.8, 4) is 0 Å². The maximum atomic E-state index is 12.9. The van der Waals surface area contributed by atoms with Gasteiger partial charge >= 0.3 is 0 Å². The number of amides is 2. The molecule has 0 saturated carbocycles. The van der Waals surface area contributed by atoms with Gasteiger partial charge in [-0.05, 0) is 114 Å². The molecule has 0 aliphatic carbocycles. The van der Waals surface area contributed by atoms with Gasteiger partial charge in [0.2, 0.25) is 11.8 Å². The van der Waals surface area contributed by atoms with Crippen LogP contribution in [-0.4, -0.2) is 90.2 Å². The fourth-order valence-corrected chi connectivity index (χ4v) is 7.65. The van der Waals surface area contributed by atoms with Crippen LogP contribution in [0.25, 0.3) is 0 Å². The van der Waals surface area contributed by atoms with Gasteiger partial charge in [-0.3, -0.25) is 14.4 Å². The minimum atomic E-state index is -1.02. The zero-order valence-electron chi connectivity index (χ0n) is 32.0. The fraction of sp³-hybridized carbons (Fsp3) is 0.825. The molecule has 11 atom stereocenters. The minimum absolute atomic E-state index is 0.0204. The number of aliphatic hydroxyl groups excluding tert-OH is 2. The summed E-state index contributed by atoms with van der Waals surface area (Å²) in [5, 5.41) is 26.2. The van der Waals surface area contributed by atoms with Gasteiger partial charge in [0.15, 0.2) is 5.78 Å². The molecule has 0 radical (unpaired) electrons. The number of hydrogen-bond acceptors (Lipinski definition) is 8. The lowest BCUT2D eigenvalue weighted by Crippen LogP contribution is -2.51. The first kappa shape index (κ1) is 42.3. The first-order chi connectivity index (χ1) is 23.7. The first-order valence-electron chi connectivity index (χ1n) is 19.4. The Morgan fingerprint density at radius 2 is 1.72 bits per heavy atom. The molecule has 0 bridgehead atoms. The fourth-order valence-electron chi connectivity index (χ4n) is 7.65. The number of carbonyl (C=O) groups is 3. The van der Waals surface area contributed by atoms with E-state index >= 15 is 0 Å². The molecule has 3 aliphatic rings. The molecular formula is C40H68N2O8. The molecule has 1 spiro atoms. The van der Waals surface area contributed by atoms with Crippen LogP contribution in [0.3, 0.4) is 0 Å². The van der Waals surface area contributed by atoms with Crippen LogP contribution in [0.5, 0.6) is 0 Å². The summed E-state index contributed by atoms with van der Waals surface area (Å²) in [6.45, 7) is 15.7. The zero-order valence-corrected chi connectivity index (χ0v) is 32.0. The summed E-state index contributed by atoms with van der Waals surface area (Å²) in [6, 6.07) is 0. The molecule has 3 fully saturated rings. The van der Waals surface area contributed by atoms with Crippen LogP contribution in [0.15, 0.2) is 23.8 Å². The van der Waals surface area contributed by atoms with E-state index in [-0.39, 0.29) is 60.4 Å². The van der Waals surface area contributed by atoms with Crippen LogP contribution in [0.2, 0.25) is 0 Å². The summed E-state index contributed by atoms with van der Waals surface area (Å²) in [5.74, 6) is 0.356. The number of ketones is 1. The third-order valence-electron chi connectivity index (χ3n) is 11.3. The van der Waals surface area contributed by atoms with Crippen molar-refractivity contribution in [1.82, 2.24) is 10.6 Å². The molecule has 2 amide bonds. The number of aliphatic hydroxyl groups is 2. The van der Waals surface area contributed by atoms with Crippen molar-refractivity contribution in [2.75, 3.05) is 26.3 Å². The number of ether oxygens (including phenoxy) is 3. The van der Waals surface area contributed by atoms with Gasteiger partial charge in [-0.25, -0.2) is 0 Å². The Morgan fingerprint density at radius 1 is 0.980 bits per heavy atom. The van der Waals surface area contributed by atoms with E-state index in [1.54, 1.807) is 19.1 Å². The Kier molecular flexibility index (Phi) is 17.6. The smallest absolute Gasteiger partial charge is 0.225 e. The first-order valence-corrected chi connectivity index (χ1v) is 19.4. The van der Waals surface area contributed by atoms with Crippen LogP contribution in [0.4, 0.5) is 0 Å². The summed E-state index contributed by atoms with van der Waals surface area (Å²) < 4.78 is 19.0. The van der Waals surface area contributed by atoms with Gasteiger partial charge in [-0.15, -0.1) is 0 Å². The van der Waals surface area contributed by atoms with Gasteiger partial charge in [0.25, 0.3) is 0 Å². The van der Waals surface area contributed by atoms with Gasteiger partial charge in [0.05, 0.1) is 55.1 Å². The lowest BCUT2D eigenvalue weighted by molar-refractivity contribution is -0.211. The van der Waals surface area contributed by atoms with E-state index in [4.69, 9.17) is 14.2 Å². The van der Waals surface area contributed by atoms with Gasteiger partial charge in [0, 0.05) is 26.1 Å². The molecule has 3 aliphatic heterocycles. The second kappa shape index (κ2) is 20.8. The lowest BCUT2D eigenvalue weighted by Gasteiger charge is -2.48. The highest BCUT2D eigenvalue weighted by Crippen LogP contribution is 2.42. The predicted octanol–water partition coefficient (Wildman–Crippen LogP) is 5.44. The van der Waals surface area contributed by atoms with E-state index in [0.29, 0.717) is 37.3 Å². The molecule has 10 nitrogen and oxygen atoms in total. The average Bonchev–Trinajstić information content (AvgIpc) is 3.07. The predicted molar refractivity (Wildman–Crippen MR) is 195 cm³/mol. The van der Waals surface area contributed by atoms with Crippen molar-refractivity contribution in [2.45, 2.75) is 155 Å².